The fourth-order valence-corrected chi connectivity index (χ4v) is 2.22. The van der Waals surface area contributed by atoms with E-state index < -0.39 is 0 Å². The fraction of sp³-hybridized carbons (Fsp3) is 0.200. The lowest BCUT2D eigenvalue weighted by Crippen LogP contribution is -2.11. The van der Waals surface area contributed by atoms with Gasteiger partial charge in [0.05, 0.1) is 0 Å². The number of nitrogens with zero attached hydrogens (tertiary/aromatic N) is 3. The van der Waals surface area contributed by atoms with Gasteiger partial charge in [-0.3, -0.25) is 0 Å². The Morgan fingerprint density at radius 1 is 1.16 bits per heavy atom. The Bertz CT molecular complexity index is 698. The van der Waals surface area contributed by atoms with Crippen LogP contribution in [0.25, 0.3) is 22.6 Å². The molecule has 0 unspecified atom stereocenters. The van der Waals surface area contributed by atoms with Crippen molar-refractivity contribution in [2.45, 2.75) is 13.5 Å². The van der Waals surface area contributed by atoms with Gasteiger partial charge in [-0.2, -0.15) is 0 Å². The Morgan fingerprint density at radius 2 is 1.95 bits per heavy atom. The monoisotopic (exact) mass is 252 g/mol. The molecule has 0 fully saturated rings. The first-order valence-corrected chi connectivity index (χ1v) is 6.38. The second-order valence-corrected chi connectivity index (χ2v) is 4.59. The Hall–Kier alpha value is -2.20. The van der Waals surface area contributed by atoms with Crippen LogP contribution in [0.5, 0.6) is 0 Å². The zero-order chi connectivity index (χ0) is 13.2. The smallest absolute Gasteiger partial charge is 0.160 e. The third-order valence-corrected chi connectivity index (χ3v) is 3.17. The van der Waals surface area contributed by atoms with Crippen LogP contribution >= 0.6 is 0 Å². The van der Waals surface area contributed by atoms with Gasteiger partial charge in [-0.25, -0.2) is 9.97 Å². The summed E-state index contributed by atoms with van der Waals surface area (Å²) in [6.07, 6.45) is 1.79. The summed E-state index contributed by atoms with van der Waals surface area (Å²) >= 11 is 0. The summed E-state index contributed by atoms with van der Waals surface area (Å²) in [6, 6.07) is 12.2. The summed E-state index contributed by atoms with van der Waals surface area (Å²) in [5, 5.41) is 0. The molecule has 0 amide bonds. The van der Waals surface area contributed by atoms with Gasteiger partial charge in [-0.05, 0) is 19.1 Å². The average Bonchev–Trinajstić information content (AvgIpc) is 2.79. The summed E-state index contributed by atoms with van der Waals surface area (Å²) in [5.41, 5.74) is 9.84. The number of pyridine rings is 1. The third kappa shape index (κ3) is 2.11. The fourth-order valence-electron chi connectivity index (χ4n) is 2.22. The molecular weight excluding hydrogens is 236 g/mol. The van der Waals surface area contributed by atoms with Crippen molar-refractivity contribution in [1.82, 2.24) is 14.5 Å². The van der Waals surface area contributed by atoms with Crippen molar-refractivity contribution in [3.05, 3.63) is 48.2 Å². The molecule has 96 valence electrons. The first kappa shape index (κ1) is 11.9. The second kappa shape index (κ2) is 4.82. The lowest BCUT2D eigenvalue weighted by Gasteiger charge is -2.07. The van der Waals surface area contributed by atoms with Crippen LogP contribution in [0, 0.1) is 6.92 Å². The van der Waals surface area contributed by atoms with Crippen LogP contribution < -0.4 is 5.73 Å². The number of hydrogen-bond donors (Lipinski definition) is 1. The average molecular weight is 252 g/mol. The van der Waals surface area contributed by atoms with E-state index in [4.69, 9.17) is 5.73 Å². The summed E-state index contributed by atoms with van der Waals surface area (Å²) < 4.78 is 2.08. The van der Waals surface area contributed by atoms with Crippen LogP contribution in [0.15, 0.2) is 42.6 Å². The van der Waals surface area contributed by atoms with Gasteiger partial charge in [-0.15, -0.1) is 0 Å². The number of fused-ring (bicyclic) bond motifs is 1. The van der Waals surface area contributed by atoms with E-state index in [-0.39, 0.29) is 0 Å². The zero-order valence-electron chi connectivity index (χ0n) is 10.9. The largest absolute Gasteiger partial charge is 0.329 e. The highest BCUT2D eigenvalue weighted by atomic mass is 15.1. The van der Waals surface area contributed by atoms with Crippen molar-refractivity contribution in [1.29, 1.82) is 0 Å². The van der Waals surface area contributed by atoms with Gasteiger partial charge in [-0.1, -0.05) is 29.8 Å². The maximum atomic E-state index is 5.71. The van der Waals surface area contributed by atoms with Crippen LogP contribution in [0.2, 0.25) is 0 Å². The Morgan fingerprint density at radius 3 is 2.68 bits per heavy atom. The van der Waals surface area contributed by atoms with Gasteiger partial charge in [0, 0.05) is 24.8 Å². The molecule has 0 spiro atoms. The van der Waals surface area contributed by atoms with E-state index in [1.807, 2.05) is 12.1 Å². The molecule has 4 nitrogen and oxygen atoms in total. The standard InChI is InChI=1S/C15H16N4/c1-11-4-6-12(7-5-11)14-18-13-3-2-9-17-15(13)19(14)10-8-16/h2-7,9H,8,10,16H2,1H3. The molecule has 19 heavy (non-hydrogen) atoms. The maximum absolute atomic E-state index is 5.71. The van der Waals surface area contributed by atoms with Crippen LogP contribution in [0.3, 0.4) is 0 Å². The quantitative estimate of drug-likeness (QED) is 0.778. The molecule has 3 rings (SSSR count). The maximum Gasteiger partial charge on any atom is 0.160 e. The van der Waals surface area contributed by atoms with Crippen molar-refractivity contribution in [3.8, 4) is 11.4 Å². The highest BCUT2D eigenvalue weighted by Gasteiger charge is 2.12. The molecule has 0 bridgehead atoms. The molecule has 0 atom stereocenters. The van der Waals surface area contributed by atoms with Crippen molar-refractivity contribution in [3.63, 3.8) is 0 Å². The number of benzene rings is 1. The van der Waals surface area contributed by atoms with Crippen molar-refractivity contribution in [2.24, 2.45) is 5.73 Å². The Balaban J connectivity index is 2.21. The topological polar surface area (TPSA) is 56.7 Å². The number of nitrogens with two attached hydrogens (primary N) is 1. The summed E-state index contributed by atoms with van der Waals surface area (Å²) in [5.74, 6) is 0.930. The van der Waals surface area contributed by atoms with E-state index in [1.54, 1.807) is 6.20 Å². The number of imidazole rings is 1. The van der Waals surface area contributed by atoms with Gasteiger partial charge in [0.1, 0.15) is 11.3 Å². The highest BCUT2D eigenvalue weighted by Crippen LogP contribution is 2.23. The molecule has 2 heterocycles. The molecular formula is C15H16N4. The minimum absolute atomic E-state index is 0.570. The van der Waals surface area contributed by atoms with E-state index in [0.717, 1.165) is 29.1 Å². The Labute approximate surface area is 111 Å². The van der Waals surface area contributed by atoms with Crippen molar-refractivity contribution < 1.29 is 0 Å². The number of rotatable bonds is 3. The second-order valence-electron chi connectivity index (χ2n) is 4.59. The predicted molar refractivity (Wildman–Crippen MR) is 76.8 cm³/mol. The van der Waals surface area contributed by atoms with Crippen molar-refractivity contribution >= 4 is 11.2 Å². The molecule has 0 aliphatic rings. The van der Waals surface area contributed by atoms with Crippen LogP contribution in [0.1, 0.15) is 5.56 Å². The molecule has 0 aliphatic carbocycles. The van der Waals surface area contributed by atoms with Crippen LogP contribution in [0.4, 0.5) is 0 Å². The van der Waals surface area contributed by atoms with Gasteiger partial charge < -0.3 is 10.3 Å². The lowest BCUT2D eigenvalue weighted by molar-refractivity contribution is 0.729. The van der Waals surface area contributed by atoms with Crippen LogP contribution in [-0.2, 0) is 6.54 Å². The molecule has 1 aromatic carbocycles. The first-order valence-electron chi connectivity index (χ1n) is 6.38. The molecule has 0 saturated heterocycles. The van der Waals surface area contributed by atoms with Crippen LogP contribution in [-0.4, -0.2) is 21.1 Å². The summed E-state index contributed by atoms with van der Waals surface area (Å²) in [6.45, 7) is 3.37. The highest BCUT2D eigenvalue weighted by molar-refractivity contribution is 5.77. The summed E-state index contributed by atoms with van der Waals surface area (Å²) in [7, 11) is 0. The first-order chi connectivity index (χ1) is 9.29. The predicted octanol–water partition coefficient (Wildman–Crippen LogP) is 2.37. The molecule has 0 saturated carbocycles. The van der Waals surface area contributed by atoms with E-state index in [0.29, 0.717) is 6.54 Å². The normalized spacial score (nSPS) is 11.1. The molecule has 3 aromatic rings. The van der Waals surface area contributed by atoms with Gasteiger partial charge in [0.15, 0.2) is 5.65 Å². The Kier molecular flexibility index (Phi) is 3.01. The number of aryl methyl sites for hydroxylation is 1. The van der Waals surface area contributed by atoms with Gasteiger partial charge in [0.25, 0.3) is 0 Å². The molecule has 4 heteroatoms. The van der Waals surface area contributed by atoms with Gasteiger partial charge >= 0.3 is 0 Å². The van der Waals surface area contributed by atoms with Gasteiger partial charge in [0.2, 0.25) is 0 Å². The number of hydrogen-bond acceptors (Lipinski definition) is 3. The van der Waals surface area contributed by atoms with E-state index in [9.17, 15) is 0 Å². The van der Waals surface area contributed by atoms with Crippen molar-refractivity contribution in [2.75, 3.05) is 6.54 Å². The minimum Gasteiger partial charge on any atom is -0.329 e. The zero-order valence-corrected chi connectivity index (χ0v) is 10.9. The minimum atomic E-state index is 0.570. The molecule has 0 aliphatic heterocycles. The van der Waals surface area contributed by atoms with E-state index in [2.05, 4.69) is 45.7 Å². The summed E-state index contributed by atoms with van der Waals surface area (Å²) in [4.78, 5) is 9.08. The third-order valence-electron chi connectivity index (χ3n) is 3.17. The van der Waals surface area contributed by atoms with E-state index in [1.165, 1.54) is 5.56 Å². The number of aromatic nitrogens is 3. The molecule has 2 N–H and O–H groups in total. The SMILES string of the molecule is Cc1ccc(-c2nc3cccnc3n2CCN)cc1. The van der Waals surface area contributed by atoms with E-state index >= 15 is 0 Å². The molecule has 2 aromatic heterocycles. The lowest BCUT2D eigenvalue weighted by atomic mass is 10.1. The molecule has 0 radical (unpaired) electrons.